The fraction of sp³-hybridized carbons (Fsp3) is 0.333. The lowest BCUT2D eigenvalue weighted by atomic mass is 10.2. The molecule has 0 spiro atoms. The van der Waals surface area contributed by atoms with Crippen molar-refractivity contribution in [1.29, 1.82) is 0 Å². The van der Waals surface area contributed by atoms with Crippen LogP contribution in [0.2, 0.25) is 0 Å². The Morgan fingerprint density at radius 3 is 2.48 bits per heavy atom. The van der Waals surface area contributed by atoms with Gasteiger partial charge in [0.15, 0.2) is 0 Å². The van der Waals surface area contributed by atoms with Crippen LogP contribution in [0.5, 0.6) is 0 Å². The second-order valence-electron chi connectivity index (χ2n) is 6.28. The van der Waals surface area contributed by atoms with Crippen LogP contribution in [0.25, 0.3) is 10.9 Å². The number of rotatable bonds is 2. The molecule has 0 unspecified atom stereocenters. The van der Waals surface area contributed by atoms with E-state index in [1.807, 2.05) is 37.3 Å². The molecule has 128 valence electrons. The summed E-state index contributed by atoms with van der Waals surface area (Å²) < 4.78 is 1.65. The standard InChI is InChI=1S/C18H20N6O/c1-13-11-16(20-12-19-13)23-7-9-24(10-8-23)18-21-15-6-4-3-5-14(15)17(25)22(18)2/h3-6,11-12H,7-10H2,1-2H3. The number of hydrogen-bond donors (Lipinski definition) is 0. The molecule has 1 aliphatic rings. The summed E-state index contributed by atoms with van der Waals surface area (Å²) in [4.78, 5) is 30.2. The summed E-state index contributed by atoms with van der Waals surface area (Å²) in [7, 11) is 1.79. The lowest BCUT2D eigenvalue weighted by Crippen LogP contribution is -2.48. The first kappa shape index (κ1) is 15.6. The number of fused-ring (bicyclic) bond motifs is 1. The third kappa shape index (κ3) is 2.82. The summed E-state index contributed by atoms with van der Waals surface area (Å²) >= 11 is 0. The lowest BCUT2D eigenvalue weighted by molar-refractivity contribution is 0.618. The van der Waals surface area contributed by atoms with Crippen molar-refractivity contribution in [3.63, 3.8) is 0 Å². The van der Waals surface area contributed by atoms with Crippen LogP contribution in [0, 0.1) is 6.92 Å². The summed E-state index contributed by atoms with van der Waals surface area (Å²) in [6.45, 7) is 5.22. The van der Waals surface area contributed by atoms with Crippen LogP contribution in [-0.2, 0) is 7.05 Å². The molecule has 1 aliphatic heterocycles. The van der Waals surface area contributed by atoms with E-state index in [0.717, 1.165) is 49.2 Å². The minimum atomic E-state index is -0.00513. The van der Waals surface area contributed by atoms with Crippen LogP contribution in [0.3, 0.4) is 0 Å². The van der Waals surface area contributed by atoms with Gasteiger partial charge in [-0.15, -0.1) is 0 Å². The fourth-order valence-electron chi connectivity index (χ4n) is 3.24. The van der Waals surface area contributed by atoms with Crippen molar-refractivity contribution in [2.45, 2.75) is 6.92 Å². The third-order valence-electron chi connectivity index (χ3n) is 4.64. The van der Waals surface area contributed by atoms with Crippen molar-refractivity contribution in [2.24, 2.45) is 7.05 Å². The quantitative estimate of drug-likeness (QED) is 0.704. The average molecular weight is 336 g/mol. The smallest absolute Gasteiger partial charge is 0.262 e. The number of hydrogen-bond acceptors (Lipinski definition) is 6. The molecule has 0 aliphatic carbocycles. The monoisotopic (exact) mass is 336 g/mol. The highest BCUT2D eigenvalue weighted by atomic mass is 16.1. The molecule has 1 fully saturated rings. The van der Waals surface area contributed by atoms with Gasteiger partial charge in [-0.1, -0.05) is 12.1 Å². The highest BCUT2D eigenvalue weighted by Gasteiger charge is 2.22. The molecule has 1 saturated heterocycles. The Bertz CT molecular complexity index is 975. The predicted molar refractivity (Wildman–Crippen MR) is 98.2 cm³/mol. The number of benzene rings is 1. The van der Waals surface area contributed by atoms with Crippen molar-refractivity contribution >= 4 is 22.7 Å². The molecule has 3 aromatic rings. The van der Waals surface area contributed by atoms with Gasteiger partial charge in [-0.3, -0.25) is 9.36 Å². The topological polar surface area (TPSA) is 67.2 Å². The van der Waals surface area contributed by atoms with Crippen LogP contribution >= 0.6 is 0 Å². The van der Waals surface area contributed by atoms with E-state index in [2.05, 4.69) is 19.8 Å². The van der Waals surface area contributed by atoms with Gasteiger partial charge in [0.25, 0.3) is 5.56 Å². The van der Waals surface area contributed by atoms with Crippen LogP contribution in [-0.4, -0.2) is 45.7 Å². The van der Waals surface area contributed by atoms with E-state index in [0.29, 0.717) is 5.39 Å². The number of piperazine rings is 1. The Morgan fingerprint density at radius 1 is 1.00 bits per heavy atom. The molecule has 7 nitrogen and oxygen atoms in total. The molecule has 0 radical (unpaired) electrons. The maximum absolute atomic E-state index is 12.6. The largest absolute Gasteiger partial charge is 0.353 e. The van der Waals surface area contributed by atoms with Gasteiger partial charge in [-0.25, -0.2) is 15.0 Å². The van der Waals surface area contributed by atoms with E-state index < -0.39 is 0 Å². The minimum Gasteiger partial charge on any atom is -0.353 e. The Hall–Kier alpha value is -2.96. The van der Waals surface area contributed by atoms with Gasteiger partial charge in [0.1, 0.15) is 12.1 Å². The molecule has 25 heavy (non-hydrogen) atoms. The maximum Gasteiger partial charge on any atom is 0.262 e. The summed E-state index contributed by atoms with van der Waals surface area (Å²) in [6, 6.07) is 9.49. The van der Waals surface area contributed by atoms with Gasteiger partial charge in [-0.2, -0.15) is 0 Å². The predicted octanol–water partition coefficient (Wildman–Crippen LogP) is 1.36. The van der Waals surface area contributed by atoms with Gasteiger partial charge < -0.3 is 9.80 Å². The highest BCUT2D eigenvalue weighted by Crippen LogP contribution is 2.18. The molecule has 7 heteroatoms. The number of aryl methyl sites for hydroxylation is 1. The maximum atomic E-state index is 12.6. The zero-order valence-electron chi connectivity index (χ0n) is 14.4. The fourth-order valence-corrected chi connectivity index (χ4v) is 3.24. The molecule has 1 aromatic carbocycles. The minimum absolute atomic E-state index is 0.00513. The summed E-state index contributed by atoms with van der Waals surface area (Å²) in [5.41, 5.74) is 1.70. The number of para-hydroxylation sites is 1. The van der Waals surface area contributed by atoms with Crippen LogP contribution in [0.1, 0.15) is 5.69 Å². The highest BCUT2D eigenvalue weighted by molar-refractivity contribution is 5.78. The molecule has 0 atom stereocenters. The number of aromatic nitrogens is 4. The van der Waals surface area contributed by atoms with Gasteiger partial charge in [-0.05, 0) is 19.1 Å². The first-order valence-corrected chi connectivity index (χ1v) is 8.38. The molecular weight excluding hydrogens is 316 g/mol. The lowest BCUT2D eigenvalue weighted by Gasteiger charge is -2.36. The van der Waals surface area contributed by atoms with Crippen LogP contribution in [0.15, 0.2) is 41.5 Å². The molecule has 0 bridgehead atoms. The SMILES string of the molecule is Cc1cc(N2CCN(c3nc4ccccc4c(=O)n3C)CC2)ncn1. The van der Waals surface area contributed by atoms with E-state index in [-0.39, 0.29) is 5.56 Å². The van der Waals surface area contributed by atoms with E-state index in [9.17, 15) is 4.79 Å². The van der Waals surface area contributed by atoms with Crippen LogP contribution in [0.4, 0.5) is 11.8 Å². The zero-order valence-corrected chi connectivity index (χ0v) is 14.4. The molecule has 4 rings (SSSR count). The average Bonchev–Trinajstić information content (AvgIpc) is 2.65. The summed E-state index contributed by atoms with van der Waals surface area (Å²) in [6.07, 6.45) is 1.60. The van der Waals surface area contributed by atoms with Gasteiger partial charge in [0.2, 0.25) is 5.95 Å². The van der Waals surface area contributed by atoms with Crippen LogP contribution < -0.4 is 15.4 Å². The van der Waals surface area contributed by atoms with Gasteiger partial charge in [0, 0.05) is 45.0 Å². The van der Waals surface area contributed by atoms with E-state index >= 15 is 0 Å². The Morgan fingerprint density at radius 2 is 1.72 bits per heavy atom. The second-order valence-corrected chi connectivity index (χ2v) is 6.28. The van der Waals surface area contributed by atoms with Gasteiger partial charge >= 0.3 is 0 Å². The molecule has 3 heterocycles. The zero-order chi connectivity index (χ0) is 17.4. The van der Waals surface area contributed by atoms with Gasteiger partial charge in [0.05, 0.1) is 10.9 Å². The van der Waals surface area contributed by atoms with E-state index in [1.165, 1.54) is 0 Å². The van der Waals surface area contributed by atoms with E-state index in [1.54, 1.807) is 17.9 Å². The Labute approximate surface area is 145 Å². The summed E-state index contributed by atoms with van der Waals surface area (Å²) in [5, 5.41) is 0.656. The van der Waals surface area contributed by atoms with Crippen molar-refractivity contribution in [1.82, 2.24) is 19.5 Å². The second kappa shape index (κ2) is 6.16. The first-order valence-electron chi connectivity index (χ1n) is 8.38. The van der Waals surface area contributed by atoms with Crippen molar-refractivity contribution in [2.75, 3.05) is 36.0 Å². The molecular formula is C18H20N6O. The normalized spacial score (nSPS) is 15.0. The first-order chi connectivity index (χ1) is 12.1. The molecule has 0 N–H and O–H groups in total. The number of nitrogens with zero attached hydrogens (tertiary/aromatic N) is 6. The summed E-state index contributed by atoms with van der Waals surface area (Å²) in [5.74, 6) is 1.68. The number of anilines is 2. The molecule has 2 aromatic heterocycles. The Balaban J connectivity index is 1.60. The van der Waals surface area contributed by atoms with Crippen molar-refractivity contribution in [3.05, 3.63) is 52.7 Å². The Kier molecular flexibility index (Phi) is 3.83. The molecule has 0 saturated carbocycles. The third-order valence-corrected chi connectivity index (χ3v) is 4.64. The van der Waals surface area contributed by atoms with E-state index in [4.69, 9.17) is 4.98 Å². The van der Waals surface area contributed by atoms with Crippen molar-refractivity contribution < 1.29 is 0 Å². The van der Waals surface area contributed by atoms with Crippen molar-refractivity contribution in [3.8, 4) is 0 Å². The molecule has 0 amide bonds.